The van der Waals surface area contributed by atoms with Crippen LogP contribution in [0.5, 0.6) is 5.75 Å². The average Bonchev–Trinajstić information content (AvgIpc) is 2.53. The van der Waals surface area contributed by atoms with E-state index < -0.39 is 29.4 Å². The molecule has 0 heterocycles. The summed E-state index contributed by atoms with van der Waals surface area (Å²) in [7, 11) is 0. The minimum absolute atomic E-state index is 0.141. The highest BCUT2D eigenvalue weighted by Crippen LogP contribution is 2.25. The van der Waals surface area contributed by atoms with Crippen LogP contribution in [0, 0.1) is 0 Å². The van der Waals surface area contributed by atoms with E-state index in [1.165, 1.54) is 12.1 Å². The van der Waals surface area contributed by atoms with Crippen LogP contribution in [0.15, 0.2) is 48.5 Å². The number of benzene rings is 2. The third kappa shape index (κ3) is 5.73. The van der Waals surface area contributed by atoms with E-state index in [1.807, 2.05) is 0 Å². The van der Waals surface area contributed by atoms with Gasteiger partial charge < -0.3 is 15.2 Å². The Bertz CT molecular complexity index is 830. The number of carbonyl (C=O) groups excluding carboxylic acids is 1. The van der Waals surface area contributed by atoms with Crippen molar-refractivity contribution < 1.29 is 32.6 Å². The number of anilines is 1. The lowest BCUT2D eigenvalue weighted by atomic mass is 9.85. The number of nitrogens with one attached hydrogen (secondary N) is 1. The Morgan fingerprint density at radius 3 is 2.26 bits per heavy atom. The highest BCUT2D eigenvalue weighted by molar-refractivity contribution is 5.92. The van der Waals surface area contributed by atoms with E-state index in [0.717, 1.165) is 12.1 Å². The quantitative estimate of drug-likeness (QED) is 0.789. The van der Waals surface area contributed by atoms with E-state index >= 15 is 0 Å². The summed E-state index contributed by atoms with van der Waals surface area (Å²) in [6, 6.07) is 11.5. The second-order valence-electron chi connectivity index (χ2n) is 6.43. The van der Waals surface area contributed by atoms with Crippen molar-refractivity contribution in [2.24, 2.45) is 0 Å². The lowest BCUT2D eigenvalue weighted by Crippen LogP contribution is -2.28. The molecule has 0 spiro atoms. The molecule has 0 saturated heterocycles. The Hall–Kier alpha value is -3.03. The first-order valence-corrected chi connectivity index (χ1v) is 7.96. The van der Waals surface area contributed by atoms with E-state index in [9.17, 15) is 27.9 Å². The Balaban J connectivity index is 2.02. The van der Waals surface area contributed by atoms with Gasteiger partial charge in [-0.1, -0.05) is 24.3 Å². The summed E-state index contributed by atoms with van der Waals surface area (Å²) >= 11 is 0. The van der Waals surface area contributed by atoms with Crippen LogP contribution in [0.25, 0.3) is 0 Å². The fraction of sp³-hybridized carbons (Fsp3) is 0.263. The summed E-state index contributed by atoms with van der Waals surface area (Å²) < 4.78 is 40.6. The molecule has 0 bridgehead atoms. The van der Waals surface area contributed by atoms with Gasteiger partial charge in [0.25, 0.3) is 0 Å². The van der Waals surface area contributed by atoms with Gasteiger partial charge in [0.1, 0.15) is 5.75 Å². The van der Waals surface area contributed by atoms with Crippen molar-refractivity contribution in [1.82, 2.24) is 0 Å². The number of carbonyl (C=O) groups is 2. The van der Waals surface area contributed by atoms with E-state index in [4.69, 9.17) is 0 Å². The smallest absolute Gasteiger partial charge is 0.481 e. The number of alkyl halides is 3. The van der Waals surface area contributed by atoms with Gasteiger partial charge in [-0.15, -0.1) is 13.2 Å². The topological polar surface area (TPSA) is 75.6 Å². The number of ether oxygens (including phenoxy) is 1. The number of amides is 1. The molecule has 2 N–H and O–H groups in total. The molecular formula is C19H18F3NO4. The SMILES string of the molecule is CC(C)(C(=O)O)c1ccc(NC(=O)Cc2cccc(OC(F)(F)F)c2)cc1. The van der Waals surface area contributed by atoms with Crippen molar-refractivity contribution in [3.05, 3.63) is 59.7 Å². The van der Waals surface area contributed by atoms with Crippen LogP contribution in [0.2, 0.25) is 0 Å². The van der Waals surface area contributed by atoms with Crippen LogP contribution in [0.4, 0.5) is 18.9 Å². The number of halogens is 3. The molecule has 2 rings (SSSR count). The van der Waals surface area contributed by atoms with Crippen LogP contribution < -0.4 is 10.1 Å². The van der Waals surface area contributed by atoms with E-state index in [1.54, 1.807) is 38.1 Å². The minimum Gasteiger partial charge on any atom is -0.481 e. The van der Waals surface area contributed by atoms with Crippen molar-refractivity contribution in [3.8, 4) is 5.75 Å². The van der Waals surface area contributed by atoms with Gasteiger partial charge in [-0.25, -0.2) is 0 Å². The third-order valence-corrected chi connectivity index (χ3v) is 3.92. The Kier molecular flexibility index (Phi) is 5.78. The maximum atomic E-state index is 12.3. The largest absolute Gasteiger partial charge is 0.573 e. The van der Waals surface area contributed by atoms with Gasteiger partial charge in [0, 0.05) is 5.69 Å². The Labute approximate surface area is 153 Å². The molecule has 0 fully saturated rings. The maximum absolute atomic E-state index is 12.3. The summed E-state index contributed by atoms with van der Waals surface area (Å²) in [6.45, 7) is 3.14. The zero-order valence-corrected chi connectivity index (χ0v) is 14.6. The van der Waals surface area contributed by atoms with Crippen molar-refractivity contribution >= 4 is 17.6 Å². The lowest BCUT2D eigenvalue weighted by Gasteiger charge is -2.19. The zero-order chi connectivity index (χ0) is 20.2. The second-order valence-corrected chi connectivity index (χ2v) is 6.43. The van der Waals surface area contributed by atoms with Crippen LogP contribution in [-0.4, -0.2) is 23.3 Å². The van der Waals surface area contributed by atoms with Crippen molar-refractivity contribution in [1.29, 1.82) is 0 Å². The van der Waals surface area contributed by atoms with Crippen LogP contribution in [-0.2, 0) is 21.4 Å². The molecule has 0 radical (unpaired) electrons. The minimum atomic E-state index is -4.80. The highest BCUT2D eigenvalue weighted by atomic mass is 19.4. The van der Waals surface area contributed by atoms with Gasteiger partial charge in [-0.2, -0.15) is 0 Å². The molecule has 0 aliphatic carbocycles. The number of carboxylic acid groups (broad SMARTS) is 1. The molecule has 2 aromatic rings. The molecule has 2 aromatic carbocycles. The van der Waals surface area contributed by atoms with Gasteiger partial charge >= 0.3 is 12.3 Å². The molecule has 0 unspecified atom stereocenters. The monoisotopic (exact) mass is 381 g/mol. The van der Waals surface area contributed by atoms with Crippen molar-refractivity contribution in [2.45, 2.75) is 32.0 Å². The van der Waals surface area contributed by atoms with Gasteiger partial charge in [-0.3, -0.25) is 9.59 Å². The van der Waals surface area contributed by atoms with Gasteiger partial charge in [0.2, 0.25) is 5.91 Å². The van der Waals surface area contributed by atoms with Crippen LogP contribution >= 0.6 is 0 Å². The summed E-state index contributed by atoms with van der Waals surface area (Å²) in [5.74, 6) is -1.79. The van der Waals surface area contributed by atoms with E-state index in [2.05, 4.69) is 10.1 Å². The molecule has 0 atom stereocenters. The molecule has 0 aliphatic rings. The molecule has 27 heavy (non-hydrogen) atoms. The first kappa shape index (κ1) is 20.3. The normalized spacial score (nSPS) is 11.7. The van der Waals surface area contributed by atoms with E-state index in [0.29, 0.717) is 16.8 Å². The highest BCUT2D eigenvalue weighted by Gasteiger charge is 2.31. The van der Waals surface area contributed by atoms with Gasteiger partial charge in [-0.05, 0) is 49.2 Å². The van der Waals surface area contributed by atoms with Crippen LogP contribution in [0.1, 0.15) is 25.0 Å². The first-order valence-electron chi connectivity index (χ1n) is 7.96. The van der Waals surface area contributed by atoms with Gasteiger partial charge in [0.05, 0.1) is 11.8 Å². The molecule has 144 valence electrons. The standard InChI is InChI=1S/C19H18F3NO4/c1-18(2,17(25)26)13-6-8-14(9-7-13)23-16(24)11-12-4-3-5-15(10-12)27-19(20,21)22/h3-10H,11H2,1-2H3,(H,23,24)(H,25,26). The number of rotatable bonds is 6. The van der Waals surface area contributed by atoms with Crippen molar-refractivity contribution in [3.63, 3.8) is 0 Å². The predicted molar refractivity (Wildman–Crippen MR) is 92.6 cm³/mol. The fourth-order valence-corrected chi connectivity index (χ4v) is 2.34. The third-order valence-electron chi connectivity index (χ3n) is 3.92. The average molecular weight is 381 g/mol. The summed E-state index contributed by atoms with van der Waals surface area (Å²) in [4.78, 5) is 23.4. The predicted octanol–water partition coefficient (Wildman–Crippen LogP) is 4.13. The number of hydrogen-bond donors (Lipinski definition) is 2. The molecule has 0 aliphatic heterocycles. The second kappa shape index (κ2) is 7.69. The first-order chi connectivity index (χ1) is 12.5. The van der Waals surface area contributed by atoms with Crippen molar-refractivity contribution in [2.75, 3.05) is 5.32 Å². The zero-order valence-electron chi connectivity index (χ0n) is 14.6. The summed E-state index contributed by atoms with van der Waals surface area (Å²) in [5, 5.41) is 11.8. The number of aliphatic carboxylic acids is 1. The fourth-order valence-electron chi connectivity index (χ4n) is 2.34. The maximum Gasteiger partial charge on any atom is 0.573 e. The molecule has 0 saturated carbocycles. The molecule has 5 nitrogen and oxygen atoms in total. The summed E-state index contributed by atoms with van der Waals surface area (Å²) in [6.07, 6.45) is -4.94. The number of hydrogen-bond acceptors (Lipinski definition) is 3. The molecule has 0 aromatic heterocycles. The molecule has 8 heteroatoms. The van der Waals surface area contributed by atoms with Gasteiger partial charge in [0.15, 0.2) is 0 Å². The Morgan fingerprint density at radius 2 is 1.70 bits per heavy atom. The number of carboxylic acids is 1. The lowest BCUT2D eigenvalue weighted by molar-refractivity contribution is -0.274. The van der Waals surface area contributed by atoms with Crippen LogP contribution in [0.3, 0.4) is 0 Å². The molecular weight excluding hydrogens is 363 g/mol. The summed E-state index contributed by atoms with van der Waals surface area (Å²) in [5.41, 5.74) is 0.317. The van der Waals surface area contributed by atoms with E-state index in [-0.39, 0.29) is 6.42 Å². The Morgan fingerprint density at radius 1 is 1.07 bits per heavy atom. The molecule has 1 amide bonds.